The van der Waals surface area contributed by atoms with Crippen molar-refractivity contribution in [3.05, 3.63) is 64.2 Å². The quantitative estimate of drug-likeness (QED) is 0.816. The van der Waals surface area contributed by atoms with E-state index in [0.29, 0.717) is 18.7 Å². The van der Waals surface area contributed by atoms with Gasteiger partial charge in [-0.2, -0.15) is 0 Å². The van der Waals surface area contributed by atoms with Gasteiger partial charge in [0.15, 0.2) is 0 Å². The number of rotatable bonds is 4. The molecule has 0 aliphatic carbocycles. The normalized spacial score (nSPS) is 20.9. The Labute approximate surface area is 157 Å². The zero-order chi connectivity index (χ0) is 19.4. The first kappa shape index (κ1) is 17.5. The van der Waals surface area contributed by atoms with Crippen LogP contribution in [0.25, 0.3) is 0 Å². The highest BCUT2D eigenvalue weighted by Gasteiger charge is 2.56. The molecule has 0 saturated heterocycles. The highest BCUT2D eigenvalue weighted by molar-refractivity contribution is 6.07. The van der Waals surface area contributed by atoms with E-state index in [-0.39, 0.29) is 29.5 Å². The average Bonchev–Trinajstić information content (AvgIpc) is 3.24. The van der Waals surface area contributed by atoms with Crippen LogP contribution in [0.5, 0.6) is 5.88 Å². The summed E-state index contributed by atoms with van der Waals surface area (Å²) in [6.07, 6.45) is 3.29. The third kappa shape index (κ3) is 2.29. The van der Waals surface area contributed by atoms with Crippen molar-refractivity contribution in [1.82, 2.24) is 9.55 Å². The fraction of sp³-hybridized carbons (Fsp3) is 0.381. The number of nitrogens with one attached hydrogen (secondary N) is 1. The summed E-state index contributed by atoms with van der Waals surface area (Å²) in [5, 5.41) is 13.3. The van der Waals surface area contributed by atoms with E-state index in [2.05, 4.69) is 16.9 Å². The number of carbonyl (C=O) groups is 1. The standard InChI is InChI=1S/C21H23N3O3/c1-4-20(2,3)21(13-8-5-6-9-14(13)23-19(21)27)12-15-18(26)24-11-7-10-16(24)17(25)22-15/h4-6,8-9,25H,1,7,10-12H2,2-3H3,(H,23,27)/t21-/m1/s1. The second-order valence-electron chi connectivity index (χ2n) is 7.90. The Balaban J connectivity index is 1.94. The number of benzene rings is 1. The minimum atomic E-state index is -1.03. The summed E-state index contributed by atoms with van der Waals surface area (Å²) >= 11 is 0. The van der Waals surface area contributed by atoms with Crippen LogP contribution < -0.4 is 10.9 Å². The van der Waals surface area contributed by atoms with E-state index in [1.165, 1.54) is 0 Å². The van der Waals surface area contributed by atoms with E-state index in [4.69, 9.17) is 0 Å². The number of para-hydroxylation sites is 1. The molecule has 0 spiro atoms. The van der Waals surface area contributed by atoms with Crippen LogP contribution in [-0.2, 0) is 29.6 Å². The molecule has 6 nitrogen and oxygen atoms in total. The van der Waals surface area contributed by atoms with Crippen LogP contribution in [0.1, 0.15) is 37.2 Å². The number of nitrogens with zero attached hydrogens (tertiary/aromatic N) is 2. The van der Waals surface area contributed by atoms with Gasteiger partial charge in [0.05, 0.1) is 11.1 Å². The molecule has 1 aromatic heterocycles. The molecular formula is C21H23N3O3. The predicted molar refractivity (Wildman–Crippen MR) is 103 cm³/mol. The van der Waals surface area contributed by atoms with Gasteiger partial charge in [-0.25, -0.2) is 4.98 Å². The Morgan fingerprint density at radius 2 is 2.11 bits per heavy atom. The van der Waals surface area contributed by atoms with Crippen molar-refractivity contribution in [2.75, 3.05) is 5.32 Å². The van der Waals surface area contributed by atoms with E-state index in [9.17, 15) is 14.7 Å². The smallest absolute Gasteiger partial charge is 0.272 e. The molecule has 0 saturated carbocycles. The van der Waals surface area contributed by atoms with Gasteiger partial charge in [0, 0.05) is 24.1 Å². The molecule has 6 heteroatoms. The van der Waals surface area contributed by atoms with Crippen LogP contribution in [-0.4, -0.2) is 20.6 Å². The molecule has 4 rings (SSSR count). The first-order valence-electron chi connectivity index (χ1n) is 9.18. The summed E-state index contributed by atoms with van der Waals surface area (Å²) in [7, 11) is 0. The molecule has 2 aromatic rings. The molecular weight excluding hydrogens is 342 g/mol. The lowest BCUT2D eigenvalue weighted by atomic mass is 9.60. The molecule has 2 aliphatic heterocycles. The summed E-state index contributed by atoms with van der Waals surface area (Å²) in [6.45, 7) is 8.38. The van der Waals surface area contributed by atoms with Crippen LogP contribution in [0.2, 0.25) is 0 Å². The van der Waals surface area contributed by atoms with Gasteiger partial charge in [-0.1, -0.05) is 38.1 Å². The monoisotopic (exact) mass is 365 g/mol. The van der Waals surface area contributed by atoms with Gasteiger partial charge >= 0.3 is 0 Å². The number of amides is 1. The molecule has 0 radical (unpaired) electrons. The Hall–Kier alpha value is -2.89. The largest absolute Gasteiger partial charge is 0.492 e. The Kier molecular flexibility index (Phi) is 3.77. The van der Waals surface area contributed by atoms with Crippen molar-refractivity contribution in [2.45, 2.75) is 45.1 Å². The van der Waals surface area contributed by atoms with Crippen LogP contribution in [0.4, 0.5) is 5.69 Å². The molecule has 27 heavy (non-hydrogen) atoms. The maximum absolute atomic E-state index is 13.2. The number of anilines is 1. The molecule has 2 aliphatic rings. The van der Waals surface area contributed by atoms with Crippen molar-refractivity contribution in [1.29, 1.82) is 0 Å². The summed E-state index contributed by atoms with van der Waals surface area (Å²) in [6, 6.07) is 7.51. The fourth-order valence-electron chi connectivity index (χ4n) is 4.43. The number of fused-ring (bicyclic) bond motifs is 2. The Morgan fingerprint density at radius 3 is 2.85 bits per heavy atom. The molecule has 140 valence electrons. The second-order valence-corrected chi connectivity index (χ2v) is 7.90. The first-order chi connectivity index (χ1) is 12.8. The zero-order valence-corrected chi connectivity index (χ0v) is 15.6. The Bertz CT molecular complexity index is 1020. The third-order valence-corrected chi connectivity index (χ3v) is 6.18. The van der Waals surface area contributed by atoms with E-state index >= 15 is 0 Å². The third-order valence-electron chi connectivity index (χ3n) is 6.18. The van der Waals surface area contributed by atoms with Crippen LogP contribution in [0.3, 0.4) is 0 Å². The van der Waals surface area contributed by atoms with Crippen molar-refractivity contribution < 1.29 is 9.90 Å². The number of allylic oxidation sites excluding steroid dienone is 1. The van der Waals surface area contributed by atoms with Crippen molar-refractivity contribution in [3.63, 3.8) is 0 Å². The molecule has 1 amide bonds. The molecule has 1 atom stereocenters. The molecule has 1 aromatic carbocycles. The SMILES string of the molecule is C=CC(C)(C)[C@@]1(Cc2nc(O)c3n(c2=O)CCC3)C(=O)Nc2ccccc21. The van der Waals surface area contributed by atoms with Gasteiger partial charge in [-0.05, 0) is 24.5 Å². The minimum absolute atomic E-state index is 0.0987. The van der Waals surface area contributed by atoms with Gasteiger partial charge in [0.1, 0.15) is 5.69 Å². The highest BCUT2D eigenvalue weighted by atomic mass is 16.3. The molecule has 0 fully saturated rings. The van der Waals surface area contributed by atoms with E-state index in [1.807, 2.05) is 38.1 Å². The van der Waals surface area contributed by atoms with Crippen LogP contribution >= 0.6 is 0 Å². The highest BCUT2D eigenvalue weighted by Crippen LogP contribution is 2.51. The number of aromatic hydroxyl groups is 1. The van der Waals surface area contributed by atoms with Gasteiger partial charge < -0.3 is 15.0 Å². The predicted octanol–water partition coefficient (Wildman–Crippen LogP) is 2.54. The topological polar surface area (TPSA) is 84.2 Å². The molecule has 3 heterocycles. The summed E-state index contributed by atoms with van der Waals surface area (Å²) in [5.41, 5.74) is 0.455. The van der Waals surface area contributed by atoms with Crippen molar-refractivity contribution in [2.24, 2.45) is 5.41 Å². The molecule has 0 unspecified atom stereocenters. The summed E-state index contributed by atoms with van der Waals surface area (Å²) < 4.78 is 1.59. The Morgan fingerprint density at radius 1 is 1.37 bits per heavy atom. The maximum Gasteiger partial charge on any atom is 0.272 e. The maximum atomic E-state index is 13.2. The van der Waals surface area contributed by atoms with E-state index < -0.39 is 10.8 Å². The summed E-state index contributed by atoms with van der Waals surface area (Å²) in [5.74, 6) is -0.292. The minimum Gasteiger partial charge on any atom is -0.492 e. The van der Waals surface area contributed by atoms with Crippen LogP contribution in [0, 0.1) is 5.41 Å². The number of hydrogen-bond donors (Lipinski definition) is 2. The van der Waals surface area contributed by atoms with E-state index in [1.54, 1.807) is 10.6 Å². The number of aromatic nitrogens is 2. The number of carbonyl (C=O) groups excluding carboxylic acids is 1. The molecule has 0 bridgehead atoms. The average molecular weight is 365 g/mol. The van der Waals surface area contributed by atoms with Crippen molar-refractivity contribution in [3.8, 4) is 5.88 Å². The van der Waals surface area contributed by atoms with E-state index in [0.717, 1.165) is 17.7 Å². The van der Waals surface area contributed by atoms with Crippen LogP contribution in [0.15, 0.2) is 41.7 Å². The van der Waals surface area contributed by atoms with Gasteiger partial charge in [-0.3, -0.25) is 9.59 Å². The van der Waals surface area contributed by atoms with Gasteiger partial charge in [0.2, 0.25) is 11.8 Å². The number of hydrogen-bond acceptors (Lipinski definition) is 4. The van der Waals surface area contributed by atoms with Gasteiger partial charge in [-0.15, -0.1) is 6.58 Å². The molecule has 2 N–H and O–H groups in total. The first-order valence-corrected chi connectivity index (χ1v) is 9.18. The lowest BCUT2D eigenvalue weighted by Gasteiger charge is -2.40. The second kappa shape index (κ2) is 5.81. The van der Waals surface area contributed by atoms with Crippen molar-refractivity contribution >= 4 is 11.6 Å². The van der Waals surface area contributed by atoms with Gasteiger partial charge in [0.25, 0.3) is 5.56 Å². The lowest BCUT2D eigenvalue weighted by Crippen LogP contribution is -2.49. The zero-order valence-electron chi connectivity index (χ0n) is 15.6. The summed E-state index contributed by atoms with van der Waals surface area (Å²) in [4.78, 5) is 30.5. The fourth-order valence-corrected chi connectivity index (χ4v) is 4.43. The lowest BCUT2D eigenvalue weighted by molar-refractivity contribution is -0.123.